The molecule has 0 N–H and O–H groups in total. The molecule has 1 aromatic heterocycles. The Labute approximate surface area is 201 Å². The van der Waals surface area contributed by atoms with Crippen LogP contribution in [0.3, 0.4) is 0 Å². The van der Waals surface area contributed by atoms with Crippen LogP contribution in [0.25, 0.3) is 11.4 Å². The minimum absolute atomic E-state index is 0.162. The van der Waals surface area contributed by atoms with E-state index in [0.717, 1.165) is 36.8 Å². The van der Waals surface area contributed by atoms with Crippen LogP contribution in [0.5, 0.6) is 11.5 Å². The smallest absolute Gasteiger partial charge is 0.226 e. The molecule has 3 aromatic rings. The molecule has 182 valence electrons. The number of nitrogens with zero attached hydrogens (tertiary/aromatic N) is 3. The number of aryl methyl sites for hydroxylation is 1. The van der Waals surface area contributed by atoms with E-state index >= 15 is 0 Å². The van der Waals surface area contributed by atoms with Crippen molar-refractivity contribution in [3.05, 3.63) is 59.7 Å². The van der Waals surface area contributed by atoms with Crippen LogP contribution in [0.1, 0.15) is 49.6 Å². The summed E-state index contributed by atoms with van der Waals surface area (Å²) >= 11 is 0. The molecule has 0 radical (unpaired) electrons. The SMILES string of the molecule is COc1ccc(-c2noc(CCC3CCC(C(c4cccc(F)c4)N(C)C)CC3)n2)cc1OC. The monoisotopic (exact) mass is 467 g/mol. The summed E-state index contributed by atoms with van der Waals surface area (Å²) in [5.74, 6) is 3.54. The van der Waals surface area contributed by atoms with Crippen LogP contribution in [0.4, 0.5) is 4.39 Å². The van der Waals surface area contributed by atoms with Crippen LogP contribution in [0.15, 0.2) is 47.0 Å². The van der Waals surface area contributed by atoms with Gasteiger partial charge >= 0.3 is 0 Å². The number of ether oxygens (including phenoxy) is 2. The second-order valence-corrected chi connectivity index (χ2v) is 9.36. The maximum Gasteiger partial charge on any atom is 0.226 e. The van der Waals surface area contributed by atoms with Gasteiger partial charge in [-0.3, -0.25) is 0 Å². The molecule has 1 unspecified atom stereocenters. The Bertz CT molecular complexity index is 1080. The largest absolute Gasteiger partial charge is 0.493 e. The van der Waals surface area contributed by atoms with Crippen LogP contribution in [0, 0.1) is 17.7 Å². The van der Waals surface area contributed by atoms with E-state index in [1.54, 1.807) is 20.3 Å². The fourth-order valence-corrected chi connectivity index (χ4v) is 5.25. The van der Waals surface area contributed by atoms with E-state index in [2.05, 4.69) is 29.1 Å². The molecule has 0 spiro atoms. The Morgan fingerprint density at radius 2 is 1.79 bits per heavy atom. The fraction of sp³-hybridized carbons (Fsp3) is 0.481. The molecule has 1 heterocycles. The van der Waals surface area contributed by atoms with Gasteiger partial charge in [0.15, 0.2) is 11.5 Å². The lowest BCUT2D eigenvalue weighted by Gasteiger charge is -2.37. The topological polar surface area (TPSA) is 60.6 Å². The number of methoxy groups -OCH3 is 2. The highest BCUT2D eigenvalue weighted by molar-refractivity contribution is 5.60. The van der Waals surface area contributed by atoms with Crippen LogP contribution in [0.2, 0.25) is 0 Å². The van der Waals surface area contributed by atoms with E-state index in [-0.39, 0.29) is 11.9 Å². The van der Waals surface area contributed by atoms with Gasteiger partial charge in [-0.1, -0.05) is 30.1 Å². The van der Waals surface area contributed by atoms with Gasteiger partial charge in [0.05, 0.1) is 14.2 Å². The number of rotatable bonds is 9. The molecule has 0 aliphatic heterocycles. The molecular formula is C27H34FN3O3. The standard InChI is InChI=1S/C27H34FN3O3/c1-31(2)26(20-6-5-7-22(28)16-20)19-11-8-18(9-12-19)10-15-25-29-27(30-34-25)21-13-14-23(32-3)24(17-21)33-4/h5-7,13-14,16-19,26H,8-12,15H2,1-4H3. The van der Waals surface area contributed by atoms with Gasteiger partial charge in [-0.15, -0.1) is 0 Å². The van der Waals surface area contributed by atoms with Crippen molar-refractivity contribution in [1.29, 1.82) is 0 Å². The highest BCUT2D eigenvalue weighted by Crippen LogP contribution is 2.40. The molecule has 1 saturated carbocycles. The van der Waals surface area contributed by atoms with Gasteiger partial charge in [0.1, 0.15) is 5.82 Å². The van der Waals surface area contributed by atoms with Crippen molar-refractivity contribution in [2.75, 3.05) is 28.3 Å². The van der Waals surface area contributed by atoms with Crippen molar-refractivity contribution in [1.82, 2.24) is 15.0 Å². The number of aromatic nitrogens is 2. The first kappa shape index (κ1) is 24.2. The molecule has 7 heteroatoms. The Kier molecular flexibility index (Phi) is 7.83. The van der Waals surface area contributed by atoms with Gasteiger partial charge in [0, 0.05) is 18.0 Å². The Balaban J connectivity index is 1.32. The predicted octanol–water partition coefficient (Wildman–Crippen LogP) is 5.93. The normalized spacial score (nSPS) is 19.2. The second-order valence-electron chi connectivity index (χ2n) is 9.36. The van der Waals surface area contributed by atoms with Crippen molar-refractivity contribution in [3.63, 3.8) is 0 Å². The summed E-state index contributed by atoms with van der Waals surface area (Å²) in [6, 6.07) is 12.9. The average molecular weight is 468 g/mol. The summed E-state index contributed by atoms with van der Waals surface area (Å²) in [5.41, 5.74) is 1.90. The van der Waals surface area contributed by atoms with Gasteiger partial charge in [-0.2, -0.15) is 4.98 Å². The Hall–Kier alpha value is -2.93. The highest BCUT2D eigenvalue weighted by atomic mass is 19.1. The van der Waals surface area contributed by atoms with E-state index < -0.39 is 0 Å². The van der Waals surface area contributed by atoms with Gasteiger partial charge in [-0.25, -0.2) is 4.39 Å². The summed E-state index contributed by atoms with van der Waals surface area (Å²) in [7, 11) is 7.40. The zero-order valence-corrected chi connectivity index (χ0v) is 20.5. The summed E-state index contributed by atoms with van der Waals surface area (Å²) < 4.78 is 30.0. The lowest BCUT2D eigenvalue weighted by atomic mass is 9.75. The quantitative estimate of drug-likeness (QED) is 0.388. The summed E-state index contributed by atoms with van der Waals surface area (Å²) in [4.78, 5) is 6.82. The zero-order chi connectivity index (χ0) is 24.1. The molecule has 1 atom stereocenters. The highest BCUT2D eigenvalue weighted by Gasteiger charge is 2.30. The first-order valence-corrected chi connectivity index (χ1v) is 12.0. The van der Waals surface area contributed by atoms with Crippen molar-refractivity contribution >= 4 is 0 Å². The first-order valence-electron chi connectivity index (χ1n) is 12.0. The maximum atomic E-state index is 13.8. The molecule has 1 fully saturated rings. The third-order valence-electron chi connectivity index (χ3n) is 6.96. The maximum absolute atomic E-state index is 13.8. The molecule has 2 aromatic carbocycles. The zero-order valence-electron chi connectivity index (χ0n) is 20.5. The fourth-order valence-electron chi connectivity index (χ4n) is 5.25. The first-order chi connectivity index (χ1) is 16.5. The van der Waals surface area contributed by atoms with E-state index in [9.17, 15) is 4.39 Å². The minimum atomic E-state index is -0.162. The molecule has 4 rings (SSSR count). The molecule has 0 amide bonds. The van der Waals surface area contributed by atoms with Crippen LogP contribution < -0.4 is 9.47 Å². The molecule has 6 nitrogen and oxygen atoms in total. The van der Waals surface area contributed by atoms with Gasteiger partial charge in [-0.05, 0) is 81.1 Å². The van der Waals surface area contributed by atoms with Gasteiger partial charge in [0.25, 0.3) is 0 Å². The van der Waals surface area contributed by atoms with E-state index in [4.69, 9.17) is 14.0 Å². The molecule has 1 aliphatic rings. The van der Waals surface area contributed by atoms with Crippen molar-refractivity contribution < 1.29 is 18.4 Å². The third kappa shape index (κ3) is 5.58. The summed E-state index contributed by atoms with van der Waals surface area (Å²) in [5, 5.41) is 4.16. The Morgan fingerprint density at radius 3 is 2.47 bits per heavy atom. The van der Waals surface area contributed by atoms with E-state index in [1.165, 1.54) is 18.9 Å². The number of hydrogen-bond donors (Lipinski definition) is 0. The lowest BCUT2D eigenvalue weighted by molar-refractivity contribution is 0.145. The molecule has 34 heavy (non-hydrogen) atoms. The van der Waals surface area contributed by atoms with Crippen molar-refractivity contribution in [2.24, 2.45) is 11.8 Å². The molecule has 1 aliphatic carbocycles. The predicted molar refractivity (Wildman–Crippen MR) is 129 cm³/mol. The van der Waals surface area contributed by atoms with Crippen LogP contribution in [-0.4, -0.2) is 43.4 Å². The number of benzene rings is 2. The summed E-state index contributed by atoms with van der Waals surface area (Å²) in [6.45, 7) is 0. The minimum Gasteiger partial charge on any atom is -0.493 e. The third-order valence-corrected chi connectivity index (χ3v) is 6.96. The van der Waals surface area contributed by atoms with Crippen molar-refractivity contribution in [3.8, 4) is 22.9 Å². The molecule has 0 saturated heterocycles. The summed E-state index contributed by atoms with van der Waals surface area (Å²) in [6.07, 6.45) is 6.43. The number of halogens is 1. The average Bonchev–Trinajstić information content (AvgIpc) is 3.32. The van der Waals surface area contributed by atoms with Gasteiger partial charge in [0.2, 0.25) is 11.7 Å². The number of hydrogen-bond acceptors (Lipinski definition) is 6. The van der Waals surface area contributed by atoms with Gasteiger partial charge < -0.3 is 18.9 Å². The Morgan fingerprint density at radius 1 is 1.03 bits per heavy atom. The van der Waals surface area contributed by atoms with E-state index in [0.29, 0.717) is 35.0 Å². The lowest BCUT2D eigenvalue weighted by Crippen LogP contribution is -2.30. The molecule has 0 bridgehead atoms. The van der Waals surface area contributed by atoms with E-state index in [1.807, 2.05) is 30.3 Å². The van der Waals surface area contributed by atoms with Crippen LogP contribution in [-0.2, 0) is 6.42 Å². The van der Waals surface area contributed by atoms with Crippen molar-refractivity contribution in [2.45, 2.75) is 44.6 Å². The van der Waals surface area contributed by atoms with Crippen LogP contribution >= 0.6 is 0 Å². The second kappa shape index (κ2) is 11.0. The molecular weight excluding hydrogens is 433 g/mol.